The molecule has 0 aromatic heterocycles. The molecule has 3 N–H and O–H groups in total. The maximum atomic E-state index is 12.5. The molecule has 0 heterocycles. The lowest BCUT2D eigenvalue weighted by molar-refractivity contribution is -0.143. The summed E-state index contributed by atoms with van der Waals surface area (Å²) < 4.78 is 5.43. The molecule has 2 atom stereocenters. The van der Waals surface area contributed by atoms with Crippen molar-refractivity contribution in [2.75, 3.05) is 13.2 Å². The second-order valence-corrected chi connectivity index (χ2v) is 22.5. The minimum Gasteiger partial charge on any atom is -0.465 e. The summed E-state index contributed by atoms with van der Waals surface area (Å²) in [5.74, 6) is -0.102. The molecule has 430 valence electrons. The summed E-state index contributed by atoms with van der Waals surface area (Å²) in [6.07, 6.45) is 79.2. The Morgan fingerprint density at radius 2 is 0.685 bits per heavy atom. The Morgan fingerprint density at radius 3 is 1.04 bits per heavy atom. The van der Waals surface area contributed by atoms with Gasteiger partial charge in [-0.2, -0.15) is 0 Å². The van der Waals surface area contributed by atoms with E-state index in [9.17, 15) is 19.8 Å². The maximum Gasteiger partial charge on any atom is 0.305 e. The molecule has 6 nitrogen and oxygen atoms in total. The van der Waals surface area contributed by atoms with Crippen LogP contribution in [0.3, 0.4) is 0 Å². The van der Waals surface area contributed by atoms with Gasteiger partial charge < -0.3 is 20.3 Å². The Kier molecular flexibility index (Phi) is 61.0. The first-order chi connectivity index (χ1) is 36.0. The molecule has 0 aromatic rings. The van der Waals surface area contributed by atoms with Crippen LogP contribution in [-0.2, 0) is 14.3 Å². The zero-order valence-corrected chi connectivity index (χ0v) is 49.1. The number of hydrogen-bond acceptors (Lipinski definition) is 5. The zero-order chi connectivity index (χ0) is 52.9. The van der Waals surface area contributed by atoms with Gasteiger partial charge in [0.05, 0.1) is 25.4 Å². The van der Waals surface area contributed by atoms with Gasteiger partial charge in [0.2, 0.25) is 5.91 Å². The van der Waals surface area contributed by atoms with Crippen molar-refractivity contribution >= 4 is 11.9 Å². The molecule has 0 aliphatic rings. The molecule has 1 amide bonds. The molecule has 0 aliphatic heterocycles. The van der Waals surface area contributed by atoms with E-state index in [1.165, 1.54) is 276 Å². The summed E-state index contributed by atoms with van der Waals surface area (Å²) in [6.45, 7) is 4.82. The molecule has 0 rings (SSSR count). The predicted molar refractivity (Wildman–Crippen MR) is 319 cm³/mol. The Balaban J connectivity index is 3.47. The number of aliphatic hydroxyl groups is 2. The number of allylic oxidation sites excluding steroid dienone is 4. The first-order valence-corrected chi connectivity index (χ1v) is 32.8. The highest BCUT2D eigenvalue weighted by Crippen LogP contribution is 2.18. The summed E-state index contributed by atoms with van der Waals surface area (Å²) in [4.78, 5) is 24.5. The summed E-state index contributed by atoms with van der Waals surface area (Å²) >= 11 is 0. The van der Waals surface area contributed by atoms with Crippen LogP contribution in [-0.4, -0.2) is 47.4 Å². The van der Waals surface area contributed by atoms with Crippen LogP contribution < -0.4 is 5.32 Å². The van der Waals surface area contributed by atoms with Crippen LogP contribution in [0, 0.1) is 0 Å². The standard InChI is InChI=1S/C67H127NO5/c1-3-5-7-9-11-13-15-17-19-20-21-25-28-32-35-39-43-47-51-55-59-65(70)64(63-69)68-66(71)60-56-52-48-44-40-36-33-29-26-23-22-24-27-30-34-38-42-46-50-54-58-62-73-67(72)61-57-53-49-45-41-37-31-18-16-14-12-10-8-6-4-2/h38,42,50,54-55,59,64-65,69-70H,3-37,39-41,43-49,51-53,56-58,60-63H2,1-2H3,(H,68,71)/b42-38-,54-50-,59-55+. The average molecular weight is 1030 g/mol. The Bertz CT molecular complexity index is 1180. The van der Waals surface area contributed by atoms with Gasteiger partial charge in [0.15, 0.2) is 0 Å². The largest absolute Gasteiger partial charge is 0.465 e. The number of amides is 1. The van der Waals surface area contributed by atoms with E-state index < -0.39 is 12.1 Å². The number of aliphatic hydroxyl groups excluding tert-OH is 2. The van der Waals surface area contributed by atoms with E-state index in [2.05, 4.69) is 43.5 Å². The van der Waals surface area contributed by atoms with Gasteiger partial charge in [-0.3, -0.25) is 9.59 Å². The summed E-state index contributed by atoms with van der Waals surface area (Å²) in [6, 6.07) is -0.633. The summed E-state index contributed by atoms with van der Waals surface area (Å²) in [5.41, 5.74) is 0. The van der Waals surface area contributed by atoms with Crippen molar-refractivity contribution in [3.05, 3.63) is 36.5 Å². The van der Waals surface area contributed by atoms with Crippen molar-refractivity contribution in [2.45, 2.75) is 366 Å². The number of carbonyl (C=O) groups is 2. The average Bonchev–Trinajstić information content (AvgIpc) is 3.39. The number of unbranched alkanes of at least 4 members (excludes halogenated alkanes) is 46. The lowest BCUT2D eigenvalue weighted by Crippen LogP contribution is -2.45. The fourth-order valence-electron chi connectivity index (χ4n) is 10.2. The summed E-state index contributed by atoms with van der Waals surface area (Å²) in [7, 11) is 0. The van der Waals surface area contributed by atoms with Gasteiger partial charge in [-0.15, -0.1) is 0 Å². The molecule has 0 aromatic carbocycles. The molecule has 0 saturated carbocycles. The van der Waals surface area contributed by atoms with Gasteiger partial charge in [-0.25, -0.2) is 0 Å². The SMILES string of the molecule is CCCCCCCCCCCCCCCCCCCC/C=C/C(O)C(CO)NC(=O)CCCCCCCCCCCCCCCC/C=C\C/C=C\CCOC(=O)CCCCCCCCCCCCCCCCC. The van der Waals surface area contributed by atoms with Gasteiger partial charge in [0, 0.05) is 12.8 Å². The first-order valence-electron chi connectivity index (χ1n) is 32.8. The third-order valence-electron chi connectivity index (χ3n) is 15.2. The predicted octanol–water partition coefficient (Wildman–Crippen LogP) is 20.8. The molecule has 0 saturated heterocycles. The molecular weight excluding hydrogens is 899 g/mol. The second kappa shape index (κ2) is 62.6. The van der Waals surface area contributed by atoms with E-state index in [4.69, 9.17) is 4.74 Å². The highest BCUT2D eigenvalue weighted by Gasteiger charge is 2.18. The van der Waals surface area contributed by atoms with Gasteiger partial charge in [0.25, 0.3) is 0 Å². The van der Waals surface area contributed by atoms with Crippen molar-refractivity contribution < 1.29 is 24.5 Å². The molecule has 0 fully saturated rings. The maximum absolute atomic E-state index is 12.5. The number of nitrogens with one attached hydrogen (secondary N) is 1. The van der Waals surface area contributed by atoms with Crippen LogP contribution in [0.5, 0.6) is 0 Å². The number of rotatable bonds is 61. The van der Waals surface area contributed by atoms with E-state index in [1.807, 2.05) is 6.08 Å². The Hall–Kier alpha value is -1.92. The van der Waals surface area contributed by atoms with Gasteiger partial charge in [-0.05, 0) is 51.4 Å². The van der Waals surface area contributed by atoms with Crippen LogP contribution >= 0.6 is 0 Å². The minimum absolute atomic E-state index is 0.0326. The topological polar surface area (TPSA) is 95.9 Å². The van der Waals surface area contributed by atoms with Crippen LogP contribution in [0.15, 0.2) is 36.5 Å². The third-order valence-corrected chi connectivity index (χ3v) is 15.2. The monoisotopic (exact) mass is 1030 g/mol. The van der Waals surface area contributed by atoms with Crippen LogP contribution in [0.2, 0.25) is 0 Å². The fraction of sp³-hybridized carbons (Fsp3) is 0.881. The zero-order valence-electron chi connectivity index (χ0n) is 49.1. The quantitative estimate of drug-likeness (QED) is 0.0320. The number of carbonyl (C=O) groups excluding carboxylic acids is 2. The lowest BCUT2D eigenvalue weighted by Gasteiger charge is -2.20. The van der Waals surface area contributed by atoms with Gasteiger partial charge >= 0.3 is 5.97 Å². The van der Waals surface area contributed by atoms with Crippen molar-refractivity contribution in [3.8, 4) is 0 Å². The van der Waals surface area contributed by atoms with E-state index in [0.29, 0.717) is 19.4 Å². The van der Waals surface area contributed by atoms with Crippen LogP contribution in [0.4, 0.5) is 0 Å². The normalized spacial score (nSPS) is 12.8. The van der Waals surface area contributed by atoms with Crippen molar-refractivity contribution in [3.63, 3.8) is 0 Å². The fourth-order valence-corrected chi connectivity index (χ4v) is 10.2. The highest BCUT2D eigenvalue weighted by atomic mass is 16.5. The van der Waals surface area contributed by atoms with Gasteiger partial charge in [0.1, 0.15) is 0 Å². The number of ether oxygens (including phenoxy) is 1. The smallest absolute Gasteiger partial charge is 0.305 e. The van der Waals surface area contributed by atoms with Crippen molar-refractivity contribution in [1.29, 1.82) is 0 Å². The Labute approximate surface area is 455 Å². The van der Waals surface area contributed by atoms with Crippen molar-refractivity contribution in [1.82, 2.24) is 5.32 Å². The highest BCUT2D eigenvalue weighted by molar-refractivity contribution is 5.76. The minimum atomic E-state index is -0.849. The van der Waals surface area contributed by atoms with E-state index >= 15 is 0 Å². The first kappa shape index (κ1) is 71.1. The molecular formula is C67H127NO5. The Morgan fingerprint density at radius 1 is 0.384 bits per heavy atom. The molecule has 73 heavy (non-hydrogen) atoms. The van der Waals surface area contributed by atoms with Gasteiger partial charge in [-0.1, -0.05) is 326 Å². The molecule has 6 heteroatoms. The molecule has 2 unspecified atom stereocenters. The van der Waals surface area contributed by atoms with E-state index in [-0.39, 0.29) is 18.5 Å². The molecule has 0 spiro atoms. The van der Waals surface area contributed by atoms with Crippen LogP contribution in [0.25, 0.3) is 0 Å². The van der Waals surface area contributed by atoms with Crippen molar-refractivity contribution in [2.24, 2.45) is 0 Å². The van der Waals surface area contributed by atoms with Crippen LogP contribution in [0.1, 0.15) is 354 Å². The lowest BCUT2D eigenvalue weighted by atomic mass is 10.0. The van der Waals surface area contributed by atoms with E-state index in [0.717, 1.165) is 51.4 Å². The third kappa shape index (κ3) is 59.2. The molecule has 0 bridgehead atoms. The number of hydrogen-bond donors (Lipinski definition) is 3. The molecule has 0 aliphatic carbocycles. The molecule has 0 radical (unpaired) electrons. The number of esters is 1. The summed E-state index contributed by atoms with van der Waals surface area (Å²) in [5, 5.41) is 23.2. The second-order valence-electron chi connectivity index (χ2n) is 22.5. The van der Waals surface area contributed by atoms with E-state index in [1.54, 1.807) is 6.08 Å².